The van der Waals surface area contributed by atoms with Crippen molar-refractivity contribution in [2.45, 2.75) is 0 Å². The summed E-state index contributed by atoms with van der Waals surface area (Å²) in [6, 6.07) is 12.7. The lowest BCUT2D eigenvalue weighted by Gasteiger charge is -2.08. The van der Waals surface area contributed by atoms with Gasteiger partial charge in [-0.2, -0.15) is 0 Å². The molecular weight excluding hydrogens is 368 g/mol. The number of halogens is 2. The van der Waals surface area contributed by atoms with E-state index in [-0.39, 0.29) is 5.69 Å². The average molecular weight is 383 g/mol. The second-order valence-electron chi connectivity index (χ2n) is 5.71. The monoisotopic (exact) mass is 383 g/mol. The van der Waals surface area contributed by atoms with Crippen molar-refractivity contribution in [1.29, 1.82) is 0 Å². The fraction of sp³-hybridized carbons (Fsp3) is 0.0500. The van der Waals surface area contributed by atoms with Gasteiger partial charge < -0.3 is 15.4 Å². The highest BCUT2D eigenvalue weighted by Crippen LogP contribution is 2.19. The van der Waals surface area contributed by atoms with Crippen LogP contribution in [-0.2, 0) is 4.74 Å². The Balaban J connectivity index is 1.64. The van der Waals surface area contributed by atoms with Crippen LogP contribution in [0.2, 0.25) is 0 Å². The predicted octanol–water partition coefficient (Wildman–Crippen LogP) is 4.14. The minimum Gasteiger partial charge on any atom is -0.465 e. The topological polar surface area (TPSA) is 80.3 Å². The van der Waals surface area contributed by atoms with Gasteiger partial charge in [0, 0.05) is 17.4 Å². The van der Waals surface area contributed by atoms with Crippen molar-refractivity contribution in [3.8, 4) is 0 Å². The molecule has 142 valence electrons. The number of pyridine rings is 1. The van der Waals surface area contributed by atoms with E-state index in [1.807, 2.05) is 0 Å². The van der Waals surface area contributed by atoms with Crippen molar-refractivity contribution in [2.24, 2.45) is 0 Å². The fourth-order valence-corrected chi connectivity index (χ4v) is 2.35. The molecule has 3 rings (SSSR count). The second kappa shape index (κ2) is 8.26. The van der Waals surface area contributed by atoms with E-state index in [4.69, 9.17) is 0 Å². The Morgan fingerprint density at radius 3 is 2.18 bits per heavy atom. The summed E-state index contributed by atoms with van der Waals surface area (Å²) in [5.41, 5.74) is 1.87. The Bertz CT molecular complexity index is 1010. The molecule has 2 N–H and O–H groups in total. The van der Waals surface area contributed by atoms with Crippen LogP contribution in [0.4, 0.5) is 25.8 Å². The molecule has 0 unspecified atom stereocenters. The van der Waals surface area contributed by atoms with Crippen LogP contribution in [0.25, 0.3) is 0 Å². The summed E-state index contributed by atoms with van der Waals surface area (Å²) in [5.74, 6) is -2.81. The van der Waals surface area contributed by atoms with E-state index in [0.29, 0.717) is 22.6 Å². The van der Waals surface area contributed by atoms with Gasteiger partial charge in [0.2, 0.25) is 0 Å². The van der Waals surface area contributed by atoms with Gasteiger partial charge in [-0.3, -0.25) is 4.79 Å². The highest BCUT2D eigenvalue weighted by atomic mass is 19.2. The lowest BCUT2D eigenvalue weighted by atomic mass is 10.2. The van der Waals surface area contributed by atoms with E-state index in [1.54, 1.807) is 18.2 Å². The largest absolute Gasteiger partial charge is 0.465 e. The third-order valence-corrected chi connectivity index (χ3v) is 3.77. The molecule has 6 nitrogen and oxygen atoms in total. The van der Waals surface area contributed by atoms with Gasteiger partial charge in [0.25, 0.3) is 5.91 Å². The standard InChI is InChI=1S/C20H15F2N3O3/c1-28-20(27)12-2-4-13(5-3-12)25-19(26)18-9-7-15(11-23-18)24-14-6-8-16(21)17(22)10-14/h2-11,24H,1H3,(H,25,26). The molecule has 0 saturated carbocycles. The molecule has 0 spiro atoms. The quantitative estimate of drug-likeness (QED) is 0.647. The van der Waals surface area contributed by atoms with Gasteiger partial charge >= 0.3 is 5.97 Å². The number of ether oxygens (including phenoxy) is 1. The molecule has 0 aliphatic heterocycles. The predicted molar refractivity (Wildman–Crippen MR) is 99.6 cm³/mol. The van der Waals surface area contributed by atoms with E-state index in [1.165, 1.54) is 37.6 Å². The number of methoxy groups -OCH3 is 1. The van der Waals surface area contributed by atoms with Crippen molar-refractivity contribution >= 4 is 28.9 Å². The number of aromatic nitrogens is 1. The number of amides is 1. The van der Waals surface area contributed by atoms with Gasteiger partial charge in [0.15, 0.2) is 11.6 Å². The van der Waals surface area contributed by atoms with Crippen LogP contribution in [0.1, 0.15) is 20.8 Å². The van der Waals surface area contributed by atoms with Crippen molar-refractivity contribution in [2.75, 3.05) is 17.7 Å². The zero-order valence-electron chi connectivity index (χ0n) is 14.7. The lowest BCUT2D eigenvalue weighted by molar-refractivity contribution is 0.0600. The number of hydrogen-bond acceptors (Lipinski definition) is 5. The Hall–Kier alpha value is -3.81. The Kier molecular flexibility index (Phi) is 5.59. The molecule has 0 bridgehead atoms. The maximum atomic E-state index is 13.2. The number of hydrogen-bond donors (Lipinski definition) is 2. The smallest absolute Gasteiger partial charge is 0.337 e. The Morgan fingerprint density at radius 1 is 0.893 bits per heavy atom. The highest BCUT2D eigenvalue weighted by molar-refractivity contribution is 6.03. The number of benzene rings is 2. The molecule has 0 atom stereocenters. The number of rotatable bonds is 5. The summed E-state index contributed by atoms with van der Waals surface area (Å²) in [6.07, 6.45) is 1.40. The summed E-state index contributed by atoms with van der Waals surface area (Å²) in [7, 11) is 1.29. The molecule has 0 aliphatic carbocycles. The summed E-state index contributed by atoms with van der Waals surface area (Å²) in [4.78, 5) is 27.7. The maximum absolute atomic E-state index is 13.2. The molecule has 2 aromatic carbocycles. The average Bonchev–Trinajstić information content (AvgIpc) is 2.71. The number of anilines is 3. The zero-order valence-corrected chi connectivity index (χ0v) is 14.7. The van der Waals surface area contributed by atoms with Crippen molar-refractivity contribution < 1.29 is 23.1 Å². The molecule has 0 radical (unpaired) electrons. The second-order valence-corrected chi connectivity index (χ2v) is 5.71. The molecule has 28 heavy (non-hydrogen) atoms. The van der Waals surface area contributed by atoms with E-state index in [0.717, 1.165) is 12.1 Å². The summed E-state index contributed by atoms with van der Waals surface area (Å²) in [6.45, 7) is 0. The molecule has 1 aromatic heterocycles. The lowest BCUT2D eigenvalue weighted by Crippen LogP contribution is -2.13. The first kappa shape index (κ1) is 19.0. The van der Waals surface area contributed by atoms with Crippen LogP contribution in [-0.4, -0.2) is 24.0 Å². The first-order valence-electron chi connectivity index (χ1n) is 8.14. The minimum atomic E-state index is -0.966. The zero-order chi connectivity index (χ0) is 20.1. The number of nitrogens with one attached hydrogen (secondary N) is 2. The number of carbonyl (C=O) groups excluding carboxylic acids is 2. The number of esters is 1. The van der Waals surface area contributed by atoms with Gasteiger partial charge in [-0.1, -0.05) is 0 Å². The van der Waals surface area contributed by atoms with Crippen LogP contribution in [0, 0.1) is 11.6 Å². The van der Waals surface area contributed by atoms with Crippen molar-refractivity contribution in [1.82, 2.24) is 4.98 Å². The fourth-order valence-electron chi connectivity index (χ4n) is 2.35. The van der Waals surface area contributed by atoms with E-state index < -0.39 is 23.5 Å². The Labute approximate surface area is 159 Å². The highest BCUT2D eigenvalue weighted by Gasteiger charge is 2.10. The molecule has 0 aliphatic rings. The van der Waals surface area contributed by atoms with Crippen molar-refractivity contribution in [3.63, 3.8) is 0 Å². The van der Waals surface area contributed by atoms with Crippen molar-refractivity contribution in [3.05, 3.63) is 83.7 Å². The number of nitrogens with zero attached hydrogens (tertiary/aromatic N) is 1. The number of carbonyl (C=O) groups is 2. The first-order chi connectivity index (χ1) is 13.5. The molecular formula is C20H15F2N3O3. The summed E-state index contributed by atoms with van der Waals surface area (Å²) in [5, 5.41) is 5.53. The SMILES string of the molecule is COC(=O)c1ccc(NC(=O)c2ccc(Nc3ccc(F)c(F)c3)cn2)cc1. The molecule has 0 fully saturated rings. The van der Waals surface area contributed by atoms with E-state index in [9.17, 15) is 18.4 Å². The molecule has 3 aromatic rings. The summed E-state index contributed by atoms with van der Waals surface area (Å²) >= 11 is 0. The third kappa shape index (κ3) is 4.47. The normalized spacial score (nSPS) is 10.2. The van der Waals surface area contributed by atoms with E-state index >= 15 is 0 Å². The first-order valence-corrected chi connectivity index (χ1v) is 8.14. The van der Waals surface area contributed by atoms with Crippen LogP contribution < -0.4 is 10.6 Å². The van der Waals surface area contributed by atoms with Gasteiger partial charge in [-0.05, 0) is 48.5 Å². The van der Waals surface area contributed by atoms with Gasteiger partial charge in [0.1, 0.15) is 5.69 Å². The van der Waals surface area contributed by atoms with Crippen LogP contribution in [0.5, 0.6) is 0 Å². The molecule has 0 saturated heterocycles. The maximum Gasteiger partial charge on any atom is 0.337 e. The van der Waals surface area contributed by atoms with Crippen LogP contribution in [0.3, 0.4) is 0 Å². The molecule has 1 amide bonds. The van der Waals surface area contributed by atoms with Crippen LogP contribution >= 0.6 is 0 Å². The van der Waals surface area contributed by atoms with Crippen LogP contribution in [0.15, 0.2) is 60.8 Å². The van der Waals surface area contributed by atoms with Gasteiger partial charge in [-0.15, -0.1) is 0 Å². The van der Waals surface area contributed by atoms with Gasteiger partial charge in [0.05, 0.1) is 24.6 Å². The van der Waals surface area contributed by atoms with E-state index in [2.05, 4.69) is 20.4 Å². The molecule has 8 heteroatoms. The third-order valence-electron chi connectivity index (χ3n) is 3.77. The molecule has 1 heterocycles. The van der Waals surface area contributed by atoms with Gasteiger partial charge in [-0.25, -0.2) is 18.6 Å². The summed E-state index contributed by atoms with van der Waals surface area (Å²) < 4.78 is 30.8. The Morgan fingerprint density at radius 2 is 1.57 bits per heavy atom. The minimum absolute atomic E-state index is 0.160.